The van der Waals surface area contributed by atoms with E-state index in [0.717, 1.165) is 36.5 Å². The molecule has 4 nitrogen and oxygen atoms in total. The summed E-state index contributed by atoms with van der Waals surface area (Å²) in [6.45, 7) is 0. The Balaban J connectivity index is 1.67. The van der Waals surface area contributed by atoms with Crippen LogP contribution < -0.4 is 5.56 Å². The Bertz CT molecular complexity index is 1330. The summed E-state index contributed by atoms with van der Waals surface area (Å²) < 4.78 is 1.95. The van der Waals surface area contributed by atoms with Gasteiger partial charge in [-0.3, -0.25) is 4.79 Å². The van der Waals surface area contributed by atoms with Crippen molar-refractivity contribution in [3.05, 3.63) is 103 Å². The van der Waals surface area contributed by atoms with Gasteiger partial charge in [-0.25, -0.2) is 0 Å². The second-order valence-corrected chi connectivity index (χ2v) is 8.98. The van der Waals surface area contributed by atoms with Gasteiger partial charge in [-0.2, -0.15) is 0 Å². The van der Waals surface area contributed by atoms with Crippen LogP contribution in [-0.4, -0.2) is 10.7 Å². The van der Waals surface area contributed by atoms with Crippen molar-refractivity contribution in [2.24, 2.45) is 5.16 Å². The van der Waals surface area contributed by atoms with Crippen molar-refractivity contribution in [3.8, 4) is 11.1 Å². The number of benzene rings is 3. The third kappa shape index (κ3) is 3.50. The van der Waals surface area contributed by atoms with E-state index in [0.29, 0.717) is 17.7 Å². The van der Waals surface area contributed by atoms with E-state index in [-0.39, 0.29) is 11.7 Å². The third-order valence-electron chi connectivity index (χ3n) is 5.24. The molecule has 5 rings (SSSR count). The Kier molecular flexibility index (Phi) is 5.05. The van der Waals surface area contributed by atoms with E-state index >= 15 is 0 Å². The van der Waals surface area contributed by atoms with Gasteiger partial charge in [0.15, 0.2) is 6.10 Å². The molecular weight excluding hydrogens is 508 g/mol. The van der Waals surface area contributed by atoms with Crippen LogP contribution in [0.3, 0.4) is 0 Å². The van der Waals surface area contributed by atoms with Gasteiger partial charge in [0, 0.05) is 31.8 Å². The zero-order chi connectivity index (χ0) is 20.7. The van der Waals surface area contributed by atoms with Crippen LogP contribution in [0.1, 0.15) is 23.7 Å². The van der Waals surface area contributed by atoms with Crippen LogP contribution in [0.2, 0.25) is 0 Å². The van der Waals surface area contributed by atoms with Gasteiger partial charge in [0.05, 0.1) is 11.3 Å². The van der Waals surface area contributed by atoms with Gasteiger partial charge in [-0.1, -0.05) is 79.5 Å². The minimum Gasteiger partial charge on any atom is -0.387 e. The molecule has 0 saturated heterocycles. The number of halogens is 2. The fourth-order valence-corrected chi connectivity index (χ4v) is 4.45. The Morgan fingerprint density at radius 2 is 1.63 bits per heavy atom. The summed E-state index contributed by atoms with van der Waals surface area (Å²) >= 11 is 7.02. The zero-order valence-corrected chi connectivity index (χ0v) is 18.9. The highest BCUT2D eigenvalue weighted by Gasteiger charge is 2.28. The molecule has 0 spiro atoms. The van der Waals surface area contributed by atoms with Crippen molar-refractivity contribution in [1.29, 1.82) is 0 Å². The molecule has 1 aliphatic rings. The lowest BCUT2D eigenvalue weighted by Gasteiger charge is -2.13. The lowest BCUT2D eigenvalue weighted by atomic mass is 9.91. The van der Waals surface area contributed by atoms with Gasteiger partial charge >= 0.3 is 0 Å². The van der Waals surface area contributed by atoms with Crippen molar-refractivity contribution in [3.63, 3.8) is 0 Å². The van der Waals surface area contributed by atoms with Crippen LogP contribution in [0.25, 0.3) is 22.0 Å². The minimum atomic E-state index is -0.214. The number of aromatic amines is 1. The number of pyridine rings is 1. The number of hydrogen-bond donors (Lipinski definition) is 1. The highest BCUT2D eigenvalue weighted by Crippen LogP contribution is 2.36. The van der Waals surface area contributed by atoms with Gasteiger partial charge in [-0.05, 0) is 41.5 Å². The first kappa shape index (κ1) is 19.3. The monoisotopic (exact) mass is 522 g/mol. The average molecular weight is 524 g/mol. The minimum absolute atomic E-state index is 0.164. The molecule has 1 unspecified atom stereocenters. The lowest BCUT2D eigenvalue weighted by molar-refractivity contribution is 0.0857. The van der Waals surface area contributed by atoms with Crippen LogP contribution >= 0.6 is 31.9 Å². The van der Waals surface area contributed by atoms with Gasteiger partial charge in [-0.15, -0.1) is 0 Å². The Morgan fingerprint density at radius 3 is 2.40 bits per heavy atom. The molecular formula is C24H16Br2N2O2. The van der Waals surface area contributed by atoms with E-state index in [9.17, 15) is 4.79 Å². The molecule has 0 fully saturated rings. The maximum absolute atomic E-state index is 13.2. The topological polar surface area (TPSA) is 54.5 Å². The van der Waals surface area contributed by atoms with Crippen molar-refractivity contribution < 1.29 is 4.84 Å². The van der Waals surface area contributed by atoms with E-state index in [2.05, 4.69) is 42.0 Å². The summed E-state index contributed by atoms with van der Waals surface area (Å²) in [4.78, 5) is 21.9. The highest BCUT2D eigenvalue weighted by atomic mass is 79.9. The number of hydrogen-bond acceptors (Lipinski definition) is 3. The smallest absolute Gasteiger partial charge is 0.258 e. The van der Waals surface area contributed by atoms with Gasteiger partial charge in [0.1, 0.15) is 0 Å². The average Bonchev–Trinajstić information content (AvgIpc) is 3.24. The summed E-state index contributed by atoms with van der Waals surface area (Å²) in [6, 6.07) is 23.8. The Hall–Kier alpha value is -2.70. The molecule has 148 valence electrons. The predicted octanol–water partition coefficient (Wildman–Crippen LogP) is 6.59. The van der Waals surface area contributed by atoms with Crippen molar-refractivity contribution in [2.45, 2.75) is 12.5 Å². The van der Waals surface area contributed by atoms with E-state index in [1.54, 1.807) is 0 Å². The van der Waals surface area contributed by atoms with Gasteiger partial charge < -0.3 is 9.82 Å². The Labute approximate surface area is 189 Å². The molecule has 0 radical (unpaired) electrons. The number of rotatable bonds is 3. The van der Waals surface area contributed by atoms with Gasteiger partial charge in [0.25, 0.3) is 5.56 Å². The molecule has 4 aromatic rings. The number of oxime groups is 1. The fourth-order valence-electron chi connectivity index (χ4n) is 3.83. The number of aromatic nitrogens is 1. The Morgan fingerprint density at radius 1 is 0.900 bits per heavy atom. The molecule has 0 saturated carbocycles. The summed E-state index contributed by atoms with van der Waals surface area (Å²) in [5.41, 5.74) is 4.71. The quantitative estimate of drug-likeness (QED) is 0.329. The molecule has 6 heteroatoms. The van der Waals surface area contributed by atoms with E-state index < -0.39 is 0 Å². The zero-order valence-electron chi connectivity index (χ0n) is 15.7. The highest BCUT2D eigenvalue weighted by molar-refractivity contribution is 9.10. The van der Waals surface area contributed by atoms with Crippen LogP contribution in [0.5, 0.6) is 0 Å². The third-order valence-corrected chi connectivity index (χ3v) is 6.26. The molecule has 1 aromatic heterocycles. The standard InChI is InChI=1S/C24H16Br2N2O2/c25-16-8-6-14(7-9-16)21-13-20(28-30-21)23-22(15-4-2-1-3-5-15)18-12-17(26)10-11-19(18)27-24(23)29/h1-12,21H,13H2,(H,27,29). The molecule has 1 aliphatic heterocycles. The van der Waals surface area contributed by atoms with Gasteiger partial charge in [0.2, 0.25) is 0 Å². The molecule has 0 bridgehead atoms. The summed E-state index contributed by atoms with van der Waals surface area (Å²) in [6.07, 6.45) is 0.318. The summed E-state index contributed by atoms with van der Waals surface area (Å²) in [5.74, 6) is 0. The number of fused-ring (bicyclic) bond motifs is 1. The molecule has 0 aliphatic carbocycles. The second-order valence-electron chi connectivity index (χ2n) is 7.15. The number of nitrogens with zero attached hydrogens (tertiary/aromatic N) is 1. The summed E-state index contributed by atoms with van der Waals surface area (Å²) in [5, 5.41) is 5.29. The molecule has 3 aromatic carbocycles. The first-order valence-electron chi connectivity index (χ1n) is 9.49. The molecule has 30 heavy (non-hydrogen) atoms. The van der Waals surface area contributed by atoms with E-state index in [1.165, 1.54) is 0 Å². The normalized spacial score (nSPS) is 15.8. The van der Waals surface area contributed by atoms with Crippen LogP contribution in [0.15, 0.2) is 91.7 Å². The molecule has 1 atom stereocenters. The first-order chi connectivity index (χ1) is 14.6. The van der Waals surface area contributed by atoms with E-state index in [1.807, 2.05) is 72.8 Å². The van der Waals surface area contributed by atoms with Crippen LogP contribution in [0.4, 0.5) is 0 Å². The predicted molar refractivity (Wildman–Crippen MR) is 127 cm³/mol. The fraction of sp³-hybridized carbons (Fsp3) is 0.0833. The maximum Gasteiger partial charge on any atom is 0.258 e. The second kappa shape index (κ2) is 7.85. The van der Waals surface area contributed by atoms with Crippen molar-refractivity contribution >= 4 is 48.5 Å². The molecule has 0 amide bonds. The lowest BCUT2D eigenvalue weighted by Crippen LogP contribution is -2.20. The van der Waals surface area contributed by atoms with Crippen molar-refractivity contribution in [1.82, 2.24) is 4.98 Å². The maximum atomic E-state index is 13.2. The van der Waals surface area contributed by atoms with Crippen molar-refractivity contribution in [2.75, 3.05) is 0 Å². The molecule has 1 N–H and O–H groups in total. The molecule has 2 heterocycles. The largest absolute Gasteiger partial charge is 0.387 e. The van der Waals surface area contributed by atoms with E-state index in [4.69, 9.17) is 4.84 Å². The summed E-state index contributed by atoms with van der Waals surface area (Å²) in [7, 11) is 0. The number of nitrogens with one attached hydrogen (secondary N) is 1. The SMILES string of the molecule is O=c1[nH]c2ccc(Br)cc2c(-c2ccccc2)c1C1=NOC(c2ccc(Br)cc2)C1. The van der Waals surface area contributed by atoms with Crippen LogP contribution in [0, 0.1) is 0 Å². The number of H-pyrrole nitrogens is 1. The van der Waals surface area contributed by atoms with Crippen LogP contribution in [-0.2, 0) is 4.84 Å². The first-order valence-corrected chi connectivity index (χ1v) is 11.1.